The third-order valence-corrected chi connectivity index (χ3v) is 5.51. The molecule has 7 heteroatoms. The molecule has 0 spiro atoms. The van der Waals surface area contributed by atoms with E-state index < -0.39 is 12.2 Å². The maximum atomic E-state index is 12.1. The molecule has 0 bridgehead atoms. The van der Waals surface area contributed by atoms with Crippen molar-refractivity contribution in [3.63, 3.8) is 0 Å². The predicted molar refractivity (Wildman–Crippen MR) is 82.0 cm³/mol. The molecule has 0 aliphatic carbocycles. The number of carbonyl (C=O) groups is 1. The summed E-state index contributed by atoms with van der Waals surface area (Å²) in [7, 11) is 0. The number of halogens is 1. The van der Waals surface area contributed by atoms with E-state index in [0.717, 1.165) is 0 Å². The van der Waals surface area contributed by atoms with Crippen molar-refractivity contribution in [1.29, 1.82) is 0 Å². The zero-order valence-corrected chi connectivity index (χ0v) is 15.2. The van der Waals surface area contributed by atoms with Gasteiger partial charge in [-0.25, -0.2) is 0 Å². The first kappa shape index (κ1) is 17.9. The van der Waals surface area contributed by atoms with Gasteiger partial charge in [0.15, 0.2) is 0 Å². The zero-order valence-electron chi connectivity index (χ0n) is 11.8. The number of hydrogen-bond acceptors (Lipinski definition) is 4. The standard InChI is InChI=1S/C13H18ClO4PSe/c1-9(2)16-19(20,17-10(3)4)18-13(15)11-5-7-12(14)8-6-11/h5-10H,1-4H3. The third kappa shape index (κ3) is 6.09. The second-order valence-corrected chi connectivity index (χ2v) is 9.39. The summed E-state index contributed by atoms with van der Waals surface area (Å²) in [6.45, 7) is 7.41. The Morgan fingerprint density at radius 3 is 1.95 bits per heavy atom. The van der Waals surface area contributed by atoms with Gasteiger partial charge < -0.3 is 0 Å². The molecule has 0 fully saturated rings. The fourth-order valence-electron chi connectivity index (χ4n) is 1.32. The van der Waals surface area contributed by atoms with E-state index >= 15 is 0 Å². The summed E-state index contributed by atoms with van der Waals surface area (Å²) in [6, 6.07) is 6.45. The van der Waals surface area contributed by atoms with Gasteiger partial charge in [0, 0.05) is 0 Å². The molecular formula is C13H18ClO4PSe. The molecule has 0 radical (unpaired) electrons. The van der Waals surface area contributed by atoms with Crippen LogP contribution in [-0.2, 0) is 13.6 Å². The molecule has 0 N–H and O–H groups in total. The van der Waals surface area contributed by atoms with Gasteiger partial charge in [0.05, 0.1) is 0 Å². The van der Waals surface area contributed by atoms with Gasteiger partial charge in [-0.2, -0.15) is 0 Å². The van der Waals surface area contributed by atoms with Crippen molar-refractivity contribution < 1.29 is 18.4 Å². The summed E-state index contributed by atoms with van der Waals surface area (Å²) in [6.07, 6.45) is -3.07. The first-order valence-electron chi connectivity index (χ1n) is 6.18. The molecule has 0 aromatic heterocycles. The molecule has 1 rings (SSSR count). The van der Waals surface area contributed by atoms with E-state index in [1.54, 1.807) is 24.3 Å². The molecular weight excluding hydrogens is 366 g/mol. The first-order valence-corrected chi connectivity index (χ1v) is 10.3. The summed E-state index contributed by atoms with van der Waals surface area (Å²) in [5, 5.41) is 0.558. The molecule has 0 aliphatic rings. The van der Waals surface area contributed by atoms with Crippen LogP contribution >= 0.6 is 17.8 Å². The van der Waals surface area contributed by atoms with Crippen LogP contribution in [0.4, 0.5) is 0 Å². The molecule has 0 aliphatic heterocycles. The van der Waals surface area contributed by atoms with Gasteiger partial charge >= 0.3 is 132 Å². The van der Waals surface area contributed by atoms with Crippen LogP contribution in [0.25, 0.3) is 0 Å². The van der Waals surface area contributed by atoms with Crippen LogP contribution in [0.2, 0.25) is 5.02 Å². The number of rotatable bonds is 6. The second-order valence-electron chi connectivity index (χ2n) is 4.64. The molecule has 0 unspecified atom stereocenters. The predicted octanol–water partition coefficient (Wildman–Crippen LogP) is 4.19. The van der Waals surface area contributed by atoms with Crippen LogP contribution in [0.1, 0.15) is 38.1 Å². The van der Waals surface area contributed by atoms with Crippen LogP contribution in [0, 0.1) is 0 Å². The summed E-state index contributed by atoms with van der Waals surface area (Å²) in [4.78, 5) is 12.1. The normalized spacial score (nSPS) is 11.9. The molecule has 0 heterocycles. The Bertz CT molecular complexity index is 488. The van der Waals surface area contributed by atoms with Crippen LogP contribution < -0.4 is 0 Å². The van der Waals surface area contributed by atoms with E-state index in [2.05, 4.69) is 15.1 Å². The number of benzene rings is 1. The topological polar surface area (TPSA) is 44.8 Å². The molecule has 0 atom stereocenters. The van der Waals surface area contributed by atoms with Crippen molar-refractivity contribution in [3.05, 3.63) is 34.9 Å². The average molecular weight is 384 g/mol. The summed E-state index contributed by atoms with van der Waals surface area (Å²) < 4.78 is 16.7. The van der Waals surface area contributed by atoms with E-state index in [1.165, 1.54) is 0 Å². The van der Waals surface area contributed by atoms with E-state index in [4.69, 9.17) is 25.2 Å². The van der Waals surface area contributed by atoms with Crippen molar-refractivity contribution in [3.8, 4) is 0 Å². The Morgan fingerprint density at radius 2 is 1.55 bits per heavy atom. The SMILES string of the molecule is CC(C)OP(=[Se])(OC(=O)c1ccc(Cl)cc1)OC(C)C. The molecule has 0 saturated carbocycles. The van der Waals surface area contributed by atoms with Crippen LogP contribution in [-0.4, -0.2) is 33.3 Å². The number of carbonyl (C=O) groups excluding carboxylic acids is 1. The van der Waals surface area contributed by atoms with Gasteiger partial charge in [0.25, 0.3) is 0 Å². The van der Waals surface area contributed by atoms with Crippen LogP contribution in [0.5, 0.6) is 0 Å². The Balaban J connectivity index is 2.86. The van der Waals surface area contributed by atoms with Crippen molar-refractivity contribution in [2.24, 2.45) is 0 Å². The zero-order chi connectivity index (χ0) is 15.3. The van der Waals surface area contributed by atoms with Crippen molar-refractivity contribution in [1.82, 2.24) is 0 Å². The Morgan fingerprint density at radius 1 is 1.10 bits per heavy atom. The molecule has 1 aromatic carbocycles. The van der Waals surface area contributed by atoms with E-state index in [9.17, 15) is 4.79 Å². The van der Waals surface area contributed by atoms with E-state index in [1.807, 2.05) is 27.7 Å². The van der Waals surface area contributed by atoms with E-state index in [-0.39, 0.29) is 12.2 Å². The Kier molecular flexibility index (Phi) is 6.93. The van der Waals surface area contributed by atoms with Crippen molar-refractivity contribution in [2.45, 2.75) is 39.9 Å². The van der Waals surface area contributed by atoms with Crippen molar-refractivity contribution in [2.75, 3.05) is 0 Å². The third-order valence-electron chi connectivity index (χ3n) is 1.95. The monoisotopic (exact) mass is 384 g/mol. The van der Waals surface area contributed by atoms with Gasteiger partial charge in [-0.3, -0.25) is 0 Å². The maximum absolute atomic E-state index is 12.1. The fourth-order valence-corrected chi connectivity index (χ4v) is 5.52. The second kappa shape index (κ2) is 7.74. The van der Waals surface area contributed by atoms with Gasteiger partial charge in [-0.1, -0.05) is 0 Å². The summed E-state index contributed by atoms with van der Waals surface area (Å²) in [5.74, 6) is -0.505. The first-order chi connectivity index (χ1) is 9.22. The van der Waals surface area contributed by atoms with E-state index in [0.29, 0.717) is 10.6 Å². The van der Waals surface area contributed by atoms with Crippen LogP contribution in [0.3, 0.4) is 0 Å². The fraction of sp³-hybridized carbons (Fsp3) is 0.462. The minimum atomic E-state index is -2.82. The number of hydrogen-bond donors (Lipinski definition) is 0. The molecule has 20 heavy (non-hydrogen) atoms. The van der Waals surface area contributed by atoms with Gasteiger partial charge in [0.2, 0.25) is 0 Å². The molecule has 1 aromatic rings. The average Bonchev–Trinajstić information content (AvgIpc) is 2.26. The molecule has 0 saturated heterocycles. The van der Waals surface area contributed by atoms with Gasteiger partial charge in [-0.05, 0) is 0 Å². The molecule has 0 amide bonds. The summed E-state index contributed by atoms with van der Waals surface area (Å²) >= 11 is 8.55. The van der Waals surface area contributed by atoms with Crippen molar-refractivity contribution >= 4 is 38.9 Å². The summed E-state index contributed by atoms with van der Waals surface area (Å²) in [5.41, 5.74) is 0.397. The molecule has 4 nitrogen and oxygen atoms in total. The quantitative estimate of drug-likeness (QED) is 0.546. The van der Waals surface area contributed by atoms with Gasteiger partial charge in [0.1, 0.15) is 0 Å². The minimum absolute atomic E-state index is 0.124. The Labute approximate surface area is 132 Å². The van der Waals surface area contributed by atoms with Gasteiger partial charge in [-0.15, -0.1) is 0 Å². The Hall–Kier alpha value is -0.151. The molecule has 112 valence electrons. The van der Waals surface area contributed by atoms with Crippen LogP contribution in [0.15, 0.2) is 24.3 Å².